The van der Waals surface area contributed by atoms with Gasteiger partial charge in [0.25, 0.3) is 0 Å². The molecule has 3 aromatic heterocycles. The van der Waals surface area contributed by atoms with Crippen LogP contribution in [0, 0.1) is 0 Å². The van der Waals surface area contributed by atoms with E-state index in [1.807, 2.05) is 20.8 Å². The molecule has 2 aliphatic rings. The quantitative estimate of drug-likeness (QED) is 0.354. The lowest BCUT2D eigenvalue weighted by Gasteiger charge is -2.47. The number of thiazole rings is 1. The number of aromatic nitrogens is 3. The second-order valence-corrected chi connectivity index (χ2v) is 14.4. The number of allylic oxidation sites excluding steroid dienone is 3. The summed E-state index contributed by atoms with van der Waals surface area (Å²) in [5.74, 6) is -0.592. The average molecular weight is 591 g/mol. The van der Waals surface area contributed by atoms with Gasteiger partial charge in [-0.1, -0.05) is 6.08 Å². The number of halogens is 1. The Morgan fingerprint density at radius 3 is 2.65 bits per heavy atom. The highest BCUT2D eigenvalue weighted by molar-refractivity contribution is 7.91. The number of hydrogen-bond donors (Lipinski definition) is 0. The van der Waals surface area contributed by atoms with Crippen molar-refractivity contribution in [1.29, 1.82) is 0 Å². The molecule has 5 rings (SSSR count). The SMILES string of the molecule is COCOC1(c2ncc(-c3ccnc4c3ccn4S(=O)(=O)C3(C)C=C(F)C=CC3)s2)CN(C(=O)OC(C)(C)C)C1. The highest BCUT2D eigenvalue weighted by Crippen LogP contribution is 2.42. The average Bonchev–Trinajstić information content (AvgIpc) is 3.50. The molecule has 1 aliphatic carbocycles. The van der Waals surface area contributed by atoms with Gasteiger partial charge in [0.05, 0.1) is 18.0 Å². The zero-order valence-electron chi connectivity index (χ0n) is 22.9. The third-order valence-electron chi connectivity index (χ3n) is 6.80. The minimum atomic E-state index is -4.04. The van der Waals surface area contributed by atoms with Crippen LogP contribution in [0.4, 0.5) is 9.18 Å². The molecule has 1 unspecified atom stereocenters. The predicted molar refractivity (Wildman–Crippen MR) is 149 cm³/mol. The molecule has 1 saturated heterocycles. The molecule has 1 amide bonds. The first-order valence-electron chi connectivity index (χ1n) is 12.6. The second-order valence-electron chi connectivity index (χ2n) is 11.1. The van der Waals surface area contributed by atoms with Crippen LogP contribution in [-0.2, 0) is 29.8 Å². The molecule has 10 nitrogen and oxygen atoms in total. The molecular weight excluding hydrogens is 559 g/mol. The molecule has 0 radical (unpaired) electrons. The monoisotopic (exact) mass is 590 g/mol. The summed E-state index contributed by atoms with van der Waals surface area (Å²) in [5, 5.41) is 1.26. The Labute approximate surface area is 236 Å². The molecule has 1 atom stereocenters. The van der Waals surface area contributed by atoms with Gasteiger partial charge in [0.2, 0.25) is 10.0 Å². The smallest absolute Gasteiger partial charge is 0.410 e. The Hall–Kier alpha value is -3.13. The lowest BCUT2D eigenvalue weighted by atomic mass is 9.95. The van der Waals surface area contributed by atoms with Gasteiger partial charge in [-0.05, 0) is 58.4 Å². The van der Waals surface area contributed by atoms with Crippen molar-refractivity contribution in [2.24, 2.45) is 0 Å². The van der Waals surface area contributed by atoms with E-state index in [1.165, 1.54) is 49.9 Å². The van der Waals surface area contributed by atoms with Crippen molar-refractivity contribution in [3.05, 3.63) is 59.8 Å². The molecule has 0 aromatic carbocycles. The lowest BCUT2D eigenvalue weighted by Crippen LogP contribution is -2.63. The Balaban J connectivity index is 1.46. The van der Waals surface area contributed by atoms with Crippen LogP contribution in [0.15, 0.2) is 54.8 Å². The standard InChI is InChI=1S/C27H31FN4O6S2/c1-25(2,3)38-24(33)31-15-27(16-31,37-17-36-5)23-30-14-21(39-23)19-8-11-29-22-20(19)9-12-32(22)40(34,35)26(4)10-6-7-18(28)13-26/h6-9,11-14H,10,15-17H2,1-5H3. The summed E-state index contributed by atoms with van der Waals surface area (Å²) in [5.41, 5.74) is -0.509. The topological polar surface area (TPSA) is 113 Å². The van der Waals surface area contributed by atoms with Crippen LogP contribution in [0.1, 0.15) is 39.1 Å². The number of likely N-dealkylation sites (tertiary alicyclic amines) is 1. The van der Waals surface area contributed by atoms with Gasteiger partial charge >= 0.3 is 6.09 Å². The van der Waals surface area contributed by atoms with Crippen LogP contribution in [0.5, 0.6) is 0 Å². The number of methoxy groups -OCH3 is 1. The normalized spacial score (nSPS) is 20.9. The summed E-state index contributed by atoms with van der Waals surface area (Å²) in [6.07, 6.45) is 8.30. The maximum Gasteiger partial charge on any atom is 0.410 e. The fourth-order valence-corrected chi connectivity index (χ4v) is 7.42. The van der Waals surface area contributed by atoms with Gasteiger partial charge in [-0.3, -0.25) is 0 Å². The highest BCUT2D eigenvalue weighted by atomic mass is 32.2. The van der Waals surface area contributed by atoms with Crippen molar-refractivity contribution < 1.29 is 31.8 Å². The van der Waals surface area contributed by atoms with Crippen LogP contribution in [-0.4, -0.2) is 70.7 Å². The maximum absolute atomic E-state index is 14.0. The molecule has 0 spiro atoms. The Morgan fingerprint density at radius 1 is 1.23 bits per heavy atom. The predicted octanol–water partition coefficient (Wildman–Crippen LogP) is 4.98. The van der Waals surface area contributed by atoms with Crippen molar-refractivity contribution in [2.75, 3.05) is 27.0 Å². The van der Waals surface area contributed by atoms with E-state index >= 15 is 0 Å². The largest absolute Gasteiger partial charge is 0.444 e. The summed E-state index contributed by atoms with van der Waals surface area (Å²) in [4.78, 5) is 23.9. The van der Waals surface area contributed by atoms with Crippen molar-refractivity contribution >= 4 is 38.5 Å². The molecule has 0 saturated carbocycles. The van der Waals surface area contributed by atoms with E-state index in [0.717, 1.165) is 20.5 Å². The highest BCUT2D eigenvalue weighted by Gasteiger charge is 2.51. The lowest BCUT2D eigenvalue weighted by molar-refractivity contribution is -0.193. The fraction of sp³-hybridized carbons (Fsp3) is 0.444. The van der Waals surface area contributed by atoms with E-state index in [9.17, 15) is 17.6 Å². The molecule has 1 fully saturated rings. The van der Waals surface area contributed by atoms with Crippen LogP contribution in [0.3, 0.4) is 0 Å². The zero-order valence-corrected chi connectivity index (χ0v) is 24.5. The van der Waals surface area contributed by atoms with Gasteiger partial charge in [0.1, 0.15) is 28.0 Å². The first kappa shape index (κ1) is 28.4. The van der Waals surface area contributed by atoms with E-state index in [-0.39, 0.29) is 32.0 Å². The number of fused-ring (bicyclic) bond motifs is 1. The number of rotatable bonds is 7. The Bertz CT molecular complexity index is 1610. The molecule has 13 heteroatoms. The van der Waals surface area contributed by atoms with Crippen molar-refractivity contribution in [2.45, 2.75) is 50.1 Å². The van der Waals surface area contributed by atoms with Gasteiger partial charge < -0.3 is 19.1 Å². The van der Waals surface area contributed by atoms with Gasteiger partial charge in [0.15, 0.2) is 11.2 Å². The molecule has 0 N–H and O–H groups in total. The van der Waals surface area contributed by atoms with Gasteiger partial charge in [0, 0.05) is 36.7 Å². The summed E-state index contributed by atoms with van der Waals surface area (Å²) < 4.78 is 57.6. The number of carbonyl (C=O) groups is 1. The summed E-state index contributed by atoms with van der Waals surface area (Å²) >= 11 is 1.38. The minimum absolute atomic E-state index is 0.0142. The Kier molecular flexibility index (Phi) is 7.14. The van der Waals surface area contributed by atoms with E-state index < -0.39 is 37.9 Å². The van der Waals surface area contributed by atoms with Crippen LogP contribution < -0.4 is 0 Å². The molecule has 1 aliphatic heterocycles. The number of nitrogens with zero attached hydrogens (tertiary/aromatic N) is 4. The molecular formula is C27H31FN4O6S2. The number of ether oxygens (including phenoxy) is 3. The van der Waals surface area contributed by atoms with Crippen LogP contribution in [0.25, 0.3) is 21.5 Å². The summed E-state index contributed by atoms with van der Waals surface area (Å²) in [6.45, 7) is 7.42. The number of hydrogen-bond acceptors (Lipinski definition) is 9. The van der Waals surface area contributed by atoms with Crippen LogP contribution >= 0.6 is 11.3 Å². The molecule has 4 heterocycles. The van der Waals surface area contributed by atoms with E-state index in [4.69, 9.17) is 14.2 Å². The van der Waals surface area contributed by atoms with E-state index in [2.05, 4.69) is 9.97 Å². The van der Waals surface area contributed by atoms with E-state index in [0.29, 0.717) is 10.4 Å². The van der Waals surface area contributed by atoms with E-state index in [1.54, 1.807) is 23.2 Å². The maximum atomic E-state index is 14.0. The third-order valence-corrected chi connectivity index (χ3v) is 10.3. The number of pyridine rings is 1. The molecule has 40 heavy (non-hydrogen) atoms. The fourth-order valence-electron chi connectivity index (χ4n) is 4.73. The molecule has 3 aromatic rings. The van der Waals surface area contributed by atoms with Crippen LogP contribution in [0.2, 0.25) is 0 Å². The van der Waals surface area contributed by atoms with Crippen molar-refractivity contribution in [3.63, 3.8) is 0 Å². The molecule has 0 bridgehead atoms. The molecule has 214 valence electrons. The minimum Gasteiger partial charge on any atom is -0.444 e. The zero-order chi connectivity index (χ0) is 28.9. The number of amides is 1. The van der Waals surface area contributed by atoms with Crippen molar-refractivity contribution in [1.82, 2.24) is 18.8 Å². The van der Waals surface area contributed by atoms with Gasteiger partial charge in [-0.25, -0.2) is 31.5 Å². The summed E-state index contributed by atoms with van der Waals surface area (Å²) in [7, 11) is -2.52. The first-order chi connectivity index (χ1) is 18.8. The van der Waals surface area contributed by atoms with Crippen molar-refractivity contribution in [3.8, 4) is 10.4 Å². The first-order valence-corrected chi connectivity index (χ1v) is 14.9. The third kappa shape index (κ3) is 4.95. The van der Waals surface area contributed by atoms with Gasteiger partial charge in [-0.2, -0.15) is 0 Å². The van der Waals surface area contributed by atoms with Gasteiger partial charge in [-0.15, -0.1) is 11.3 Å². The number of carbonyl (C=O) groups excluding carboxylic acids is 1. The Morgan fingerprint density at radius 2 is 1.98 bits per heavy atom. The second kappa shape index (κ2) is 10.1. The summed E-state index contributed by atoms with van der Waals surface area (Å²) in [6, 6.07) is 3.47.